The second kappa shape index (κ2) is 3.64. The molecule has 1 aliphatic rings. The molecule has 2 aromatic rings. The fourth-order valence-corrected chi connectivity index (χ4v) is 2.31. The maximum atomic E-state index is 2.20. The van der Waals surface area contributed by atoms with Crippen LogP contribution in [0.3, 0.4) is 0 Å². The predicted octanol–water partition coefficient (Wildman–Crippen LogP) is 4.32. The fraction of sp³-hybridized carbons (Fsp3) is 0.0625. The average Bonchev–Trinajstić information content (AvgIpc) is 2.73. The van der Waals surface area contributed by atoms with Crippen LogP contribution in [0.5, 0.6) is 0 Å². The third-order valence-corrected chi connectivity index (χ3v) is 3.09. The lowest BCUT2D eigenvalue weighted by Crippen LogP contribution is -1.88. The molecule has 0 heteroatoms. The van der Waals surface area contributed by atoms with Gasteiger partial charge in [0.25, 0.3) is 0 Å². The fourth-order valence-electron chi connectivity index (χ4n) is 2.31. The van der Waals surface area contributed by atoms with Crippen molar-refractivity contribution < 1.29 is 0 Å². The van der Waals surface area contributed by atoms with E-state index in [-0.39, 0.29) is 0 Å². The Labute approximate surface area is 96.3 Å². The summed E-state index contributed by atoms with van der Waals surface area (Å²) in [5.74, 6) is 0. The van der Waals surface area contributed by atoms with Crippen molar-refractivity contribution in [3.8, 4) is 11.1 Å². The van der Waals surface area contributed by atoms with E-state index >= 15 is 0 Å². The zero-order valence-electron chi connectivity index (χ0n) is 9.27. The van der Waals surface area contributed by atoms with Crippen molar-refractivity contribution in [1.82, 2.24) is 0 Å². The third-order valence-electron chi connectivity index (χ3n) is 3.09. The normalized spacial score (nSPS) is 13.4. The van der Waals surface area contributed by atoms with E-state index in [4.69, 9.17) is 0 Å². The molecule has 0 saturated carbocycles. The van der Waals surface area contributed by atoms with E-state index in [9.17, 15) is 0 Å². The molecule has 1 aliphatic carbocycles. The summed E-state index contributed by atoms with van der Waals surface area (Å²) in [6, 6.07) is 17.1. The Morgan fingerprint density at radius 2 is 1.62 bits per heavy atom. The van der Waals surface area contributed by atoms with E-state index in [0.29, 0.717) is 0 Å². The quantitative estimate of drug-likeness (QED) is 0.650. The number of hydrogen-bond acceptors (Lipinski definition) is 0. The molecule has 0 nitrogen and oxygen atoms in total. The molecule has 2 aromatic carbocycles. The van der Waals surface area contributed by atoms with E-state index in [2.05, 4.69) is 68.0 Å². The number of rotatable bonds is 1. The molecule has 0 bridgehead atoms. The van der Waals surface area contributed by atoms with Gasteiger partial charge >= 0.3 is 0 Å². The lowest BCUT2D eigenvalue weighted by Gasteiger charge is -2.10. The standard InChI is InChI=1S/C16H13/c1-12-10-11-14-8-5-9-15(16(12)14)13-6-3-2-4-7-13/h2-11H,1H3. The van der Waals surface area contributed by atoms with Crippen LogP contribution >= 0.6 is 0 Å². The molecule has 0 N–H and O–H groups in total. The number of fused-ring (bicyclic) bond motifs is 1. The molecule has 0 aliphatic heterocycles. The van der Waals surface area contributed by atoms with Crippen LogP contribution in [-0.2, 0) is 0 Å². The molecule has 0 aromatic heterocycles. The number of benzene rings is 2. The van der Waals surface area contributed by atoms with Gasteiger partial charge in [-0.2, -0.15) is 0 Å². The zero-order chi connectivity index (χ0) is 11.0. The SMILES string of the molecule is CC1=C[CH]c2cccc(-c3ccccc3)c21. The van der Waals surface area contributed by atoms with Crippen molar-refractivity contribution in [2.24, 2.45) is 0 Å². The maximum Gasteiger partial charge on any atom is 0.0134 e. The highest BCUT2D eigenvalue weighted by Gasteiger charge is 2.15. The van der Waals surface area contributed by atoms with Gasteiger partial charge in [0.2, 0.25) is 0 Å². The van der Waals surface area contributed by atoms with Crippen molar-refractivity contribution in [3.05, 3.63) is 72.2 Å². The molecule has 0 amide bonds. The summed E-state index contributed by atoms with van der Waals surface area (Å²) in [4.78, 5) is 0. The van der Waals surface area contributed by atoms with E-state index in [0.717, 1.165) is 0 Å². The van der Waals surface area contributed by atoms with Gasteiger partial charge in [-0.25, -0.2) is 0 Å². The first-order chi connectivity index (χ1) is 7.86. The van der Waals surface area contributed by atoms with Gasteiger partial charge in [0.15, 0.2) is 0 Å². The average molecular weight is 205 g/mol. The van der Waals surface area contributed by atoms with Crippen LogP contribution in [0.25, 0.3) is 16.7 Å². The lowest BCUT2D eigenvalue weighted by molar-refractivity contribution is 1.50. The minimum absolute atomic E-state index is 1.29. The van der Waals surface area contributed by atoms with Crippen LogP contribution < -0.4 is 0 Å². The van der Waals surface area contributed by atoms with Crippen LogP contribution in [0, 0.1) is 6.42 Å². The van der Waals surface area contributed by atoms with Gasteiger partial charge in [-0.1, -0.05) is 54.6 Å². The zero-order valence-corrected chi connectivity index (χ0v) is 9.27. The highest BCUT2D eigenvalue weighted by Crippen LogP contribution is 2.36. The Kier molecular flexibility index (Phi) is 2.14. The summed E-state index contributed by atoms with van der Waals surface area (Å²) < 4.78 is 0. The first-order valence-electron chi connectivity index (χ1n) is 5.57. The highest BCUT2D eigenvalue weighted by atomic mass is 14.2. The summed E-state index contributed by atoms with van der Waals surface area (Å²) in [6.07, 6.45) is 4.38. The van der Waals surface area contributed by atoms with Crippen LogP contribution in [-0.4, -0.2) is 0 Å². The highest BCUT2D eigenvalue weighted by molar-refractivity contribution is 5.87. The Morgan fingerprint density at radius 1 is 0.812 bits per heavy atom. The molecule has 0 spiro atoms. The van der Waals surface area contributed by atoms with E-state index in [1.54, 1.807) is 0 Å². The van der Waals surface area contributed by atoms with Gasteiger partial charge in [0, 0.05) is 6.42 Å². The molecule has 0 heterocycles. The first kappa shape index (κ1) is 9.41. The summed E-state index contributed by atoms with van der Waals surface area (Å²) in [7, 11) is 0. The van der Waals surface area contributed by atoms with Crippen LogP contribution in [0.2, 0.25) is 0 Å². The molecule has 77 valence electrons. The van der Waals surface area contributed by atoms with Gasteiger partial charge in [-0.05, 0) is 34.8 Å². The van der Waals surface area contributed by atoms with Crippen LogP contribution in [0.4, 0.5) is 0 Å². The van der Waals surface area contributed by atoms with Crippen molar-refractivity contribution in [2.75, 3.05) is 0 Å². The second-order valence-electron chi connectivity index (χ2n) is 4.15. The molecule has 0 fully saturated rings. The van der Waals surface area contributed by atoms with Gasteiger partial charge < -0.3 is 0 Å². The molecule has 0 saturated heterocycles. The summed E-state index contributed by atoms with van der Waals surface area (Å²) in [6.45, 7) is 2.18. The molecule has 16 heavy (non-hydrogen) atoms. The lowest BCUT2D eigenvalue weighted by atomic mass is 9.94. The Balaban J connectivity index is 2.24. The monoisotopic (exact) mass is 205 g/mol. The van der Waals surface area contributed by atoms with Crippen LogP contribution in [0.1, 0.15) is 18.1 Å². The van der Waals surface area contributed by atoms with Gasteiger partial charge in [-0.3, -0.25) is 0 Å². The van der Waals surface area contributed by atoms with Crippen molar-refractivity contribution >= 4 is 5.57 Å². The molecular weight excluding hydrogens is 192 g/mol. The minimum Gasteiger partial charge on any atom is -0.0725 e. The van der Waals surface area contributed by atoms with Crippen molar-refractivity contribution in [1.29, 1.82) is 0 Å². The Morgan fingerprint density at radius 3 is 2.44 bits per heavy atom. The van der Waals surface area contributed by atoms with Gasteiger partial charge in [0.1, 0.15) is 0 Å². The van der Waals surface area contributed by atoms with Crippen molar-refractivity contribution in [2.45, 2.75) is 6.92 Å². The summed E-state index contributed by atoms with van der Waals surface area (Å²) >= 11 is 0. The van der Waals surface area contributed by atoms with Gasteiger partial charge in [0.05, 0.1) is 0 Å². The largest absolute Gasteiger partial charge is 0.0725 e. The van der Waals surface area contributed by atoms with Crippen molar-refractivity contribution in [3.63, 3.8) is 0 Å². The molecule has 0 unspecified atom stereocenters. The van der Waals surface area contributed by atoms with Crippen LogP contribution in [0.15, 0.2) is 54.6 Å². The Bertz CT molecular complexity index is 548. The molecule has 3 rings (SSSR count). The summed E-state index contributed by atoms with van der Waals surface area (Å²) in [5, 5.41) is 0. The number of allylic oxidation sites excluding steroid dienone is 2. The van der Waals surface area contributed by atoms with E-state index < -0.39 is 0 Å². The predicted molar refractivity (Wildman–Crippen MR) is 68.9 cm³/mol. The maximum absolute atomic E-state index is 2.20. The molecule has 1 radical (unpaired) electrons. The third kappa shape index (κ3) is 1.38. The van der Waals surface area contributed by atoms with Gasteiger partial charge in [-0.15, -0.1) is 0 Å². The molecular formula is C16H13. The first-order valence-corrected chi connectivity index (χ1v) is 5.57. The topological polar surface area (TPSA) is 0 Å². The van der Waals surface area contributed by atoms with E-state index in [1.165, 1.54) is 27.8 Å². The smallest absolute Gasteiger partial charge is 0.0134 e. The molecule has 0 atom stereocenters. The van der Waals surface area contributed by atoms with E-state index in [1.807, 2.05) is 0 Å². The Hall–Kier alpha value is -1.82. The number of hydrogen-bond donors (Lipinski definition) is 0. The minimum atomic E-state index is 1.29. The second-order valence-corrected chi connectivity index (χ2v) is 4.15. The summed E-state index contributed by atoms with van der Waals surface area (Å²) in [5.41, 5.74) is 6.70.